The van der Waals surface area contributed by atoms with E-state index in [0.717, 1.165) is 40.3 Å². The van der Waals surface area contributed by atoms with Gasteiger partial charge in [0.2, 0.25) is 5.91 Å². The predicted molar refractivity (Wildman–Crippen MR) is 114 cm³/mol. The van der Waals surface area contributed by atoms with Crippen molar-refractivity contribution in [2.24, 2.45) is 0 Å². The highest BCUT2D eigenvalue weighted by Gasteiger charge is 2.05. The molecule has 140 valence electrons. The molecule has 1 amide bonds. The number of rotatable bonds is 7. The minimum Gasteiger partial charge on any atom is -0.342 e. The summed E-state index contributed by atoms with van der Waals surface area (Å²) < 4.78 is 0. The SMILES string of the molecule is O=C(CSc1ccncc1)Nc1ccc(CCc2nc3ccccc3[nH]2)cc1. The number of aryl methyl sites for hydroxylation is 2. The molecule has 28 heavy (non-hydrogen) atoms. The molecule has 2 aromatic heterocycles. The smallest absolute Gasteiger partial charge is 0.234 e. The maximum absolute atomic E-state index is 12.1. The van der Waals surface area contributed by atoms with E-state index in [1.165, 1.54) is 17.3 Å². The van der Waals surface area contributed by atoms with Crippen molar-refractivity contribution in [2.75, 3.05) is 11.1 Å². The first-order valence-corrected chi connectivity index (χ1v) is 10.1. The van der Waals surface area contributed by atoms with Gasteiger partial charge in [-0.3, -0.25) is 9.78 Å². The Bertz CT molecular complexity index is 1030. The number of carbonyl (C=O) groups is 1. The molecule has 0 radical (unpaired) electrons. The molecule has 6 heteroatoms. The Hall–Kier alpha value is -3.12. The van der Waals surface area contributed by atoms with Crippen molar-refractivity contribution < 1.29 is 4.79 Å². The largest absolute Gasteiger partial charge is 0.342 e. The number of benzene rings is 2. The van der Waals surface area contributed by atoms with Crippen LogP contribution in [0.5, 0.6) is 0 Å². The lowest BCUT2D eigenvalue weighted by atomic mass is 10.1. The Balaban J connectivity index is 1.27. The van der Waals surface area contributed by atoms with Crippen molar-refractivity contribution in [1.82, 2.24) is 15.0 Å². The highest BCUT2D eigenvalue weighted by atomic mass is 32.2. The Kier molecular flexibility index (Phi) is 5.68. The van der Waals surface area contributed by atoms with Crippen LogP contribution in [0.25, 0.3) is 11.0 Å². The first kappa shape index (κ1) is 18.3. The maximum Gasteiger partial charge on any atom is 0.234 e. The van der Waals surface area contributed by atoms with Gasteiger partial charge in [-0.2, -0.15) is 0 Å². The van der Waals surface area contributed by atoms with Gasteiger partial charge in [0.25, 0.3) is 0 Å². The van der Waals surface area contributed by atoms with Crippen molar-refractivity contribution in [1.29, 1.82) is 0 Å². The molecule has 0 aliphatic heterocycles. The number of imidazole rings is 1. The van der Waals surface area contributed by atoms with Crippen molar-refractivity contribution in [3.05, 3.63) is 84.4 Å². The summed E-state index contributed by atoms with van der Waals surface area (Å²) >= 11 is 1.50. The molecular formula is C22H20N4OS. The number of para-hydroxylation sites is 2. The number of hydrogen-bond donors (Lipinski definition) is 2. The van der Waals surface area contributed by atoms with E-state index in [-0.39, 0.29) is 5.91 Å². The minimum absolute atomic E-state index is 0.0168. The fourth-order valence-electron chi connectivity index (χ4n) is 2.92. The third kappa shape index (κ3) is 4.78. The van der Waals surface area contributed by atoms with Crippen LogP contribution in [0.15, 0.2) is 78.0 Å². The number of H-pyrrole nitrogens is 1. The number of fused-ring (bicyclic) bond motifs is 1. The minimum atomic E-state index is -0.0168. The Morgan fingerprint density at radius 1 is 0.964 bits per heavy atom. The van der Waals surface area contributed by atoms with Crippen LogP contribution < -0.4 is 5.32 Å². The Morgan fingerprint density at radius 3 is 2.54 bits per heavy atom. The van der Waals surface area contributed by atoms with Crippen LogP contribution >= 0.6 is 11.8 Å². The van der Waals surface area contributed by atoms with Crippen LogP contribution in [0.2, 0.25) is 0 Å². The summed E-state index contributed by atoms with van der Waals surface area (Å²) in [4.78, 5) is 25.1. The molecule has 0 fully saturated rings. The van der Waals surface area contributed by atoms with E-state index in [0.29, 0.717) is 5.75 Å². The number of nitrogens with zero attached hydrogens (tertiary/aromatic N) is 2. The summed E-state index contributed by atoms with van der Waals surface area (Å²) in [7, 11) is 0. The number of thioether (sulfide) groups is 1. The van der Waals surface area contributed by atoms with E-state index in [4.69, 9.17) is 0 Å². The second kappa shape index (κ2) is 8.71. The number of nitrogens with one attached hydrogen (secondary N) is 2. The molecule has 4 rings (SSSR count). The number of aromatic nitrogens is 3. The van der Waals surface area contributed by atoms with Gasteiger partial charge in [0, 0.05) is 29.4 Å². The molecule has 0 spiro atoms. The van der Waals surface area contributed by atoms with Crippen LogP contribution in [0.3, 0.4) is 0 Å². The molecule has 0 aliphatic carbocycles. The van der Waals surface area contributed by atoms with Crippen molar-refractivity contribution >= 4 is 34.4 Å². The Labute approximate surface area is 167 Å². The van der Waals surface area contributed by atoms with Crippen LogP contribution in [0, 0.1) is 0 Å². The van der Waals surface area contributed by atoms with Gasteiger partial charge in [0.1, 0.15) is 5.82 Å². The second-order valence-corrected chi connectivity index (χ2v) is 7.47. The van der Waals surface area contributed by atoms with Crippen molar-refractivity contribution in [3.8, 4) is 0 Å². The van der Waals surface area contributed by atoms with Crippen molar-refractivity contribution in [3.63, 3.8) is 0 Å². The lowest BCUT2D eigenvalue weighted by Gasteiger charge is -2.06. The molecule has 2 heterocycles. The molecule has 4 aromatic rings. The quantitative estimate of drug-likeness (QED) is 0.458. The third-order valence-corrected chi connectivity index (χ3v) is 5.36. The zero-order chi connectivity index (χ0) is 19.2. The van der Waals surface area contributed by atoms with E-state index in [1.54, 1.807) is 12.4 Å². The zero-order valence-corrected chi connectivity index (χ0v) is 16.1. The molecular weight excluding hydrogens is 368 g/mol. The zero-order valence-electron chi connectivity index (χ0n) is 15.3. The van der Waals surface area contributed by atoms with Gasteiger partial charge in [-0.25, -0.2) is 4.98 Å². The van der Waals surface area contributed by atoms with Crippen molar-refractivity contribution in [2.45, 2.75) is 17.7 Å². The van der Waals surface area contributed by atoms with Gasteiger partial charge in [0.05, 0.1) is 16.8 Å². The van der Waals surface area contributed by atoms with Crippen LogP contribution in [-0.4, -0.2) is 26.6 Å². The summed E-state index contributed by atoms with van der Waals surface area (Å²) in [5, 5.41) is 2.94. The van der Waals surface area contributed by atoms with Gasteiger partial charge < -0.3 is 10.3 Å². The normalized spacial score (nSPS) is 10.9. The monoisotopic (exact) mass is 388 g/mol. The number of hydrogen-bond acceptors (Lipinski definition) is 4. The molecule has 2 aromatic carbocycles. The first-order valence-electron chi connectivity index (χ1n) is 9.11. The fourth-order valence-corrected chi connectivity index (χ4v) is 3.61. The summed E-state index contributed by atoms with van der Waals surface area (Å²) in [5.41, 5.74) is 4.10. The lowest BCUT2D eigenvalue weighted by Crippen LogP contribution is -2.13. The average Bonchev–Trinajstić information content (AvgIpc) is 3.16. The van der Waals surface area contributed by atoms with E-state index in [9.17, 15) is 4.79 Å². The van der Waals surface area contributed by atoms with Gasteiger partial charge in [-0.05, 0) is 48.4 Å². The molecule has 0 atom stereocenters. The van der Waals surface area contributed by atoms with Crippen LogP contribution in [0.4, 0.5) is 5.69 Å². The second-order valence-electron chi connectivity index (χ2n) is 6.42. The molecule has 0 aliphatic rings. The van der Waals surface area contributed by atoms with Gasteiger partial charge in [0.15, 0.2) is 0 Å². The maximum atomic E-state index is 12.1. The number of anilines is 1. The number of aromatic amines is 1. The third-order valence-electron chi connectivity index (χ3n) is 4.35. The highest BCUT2D eigenvalue weighted by Crippen LogP contribution is 2.18. The molecule has 5 nitrogen and oxygen atoms in total. The van der Waals surface area contributed by atoms with Gasteiger partial charge in [-0.15, -0.1) is 11.8 Å². The van der Waals surface area contributed by atoms with Gasteiger partial charge >= 0.3 is 0 Å². The van der Waals surface area contributed by atoms with Crippen LogP contribution in [-0.2, 0) is 17.6 Å². The first-order chi connectivity index (χ1) is 13.8. The molecule has 0 saturated heterocycles. The number of amides is 1. The Morgan fingerprint density at radius 2 is 1.75 bits per heavy atom. The number of pyridine rings is 1. The van der Waals surface area contributed by atoms with E-state index in [2.05, 4.69) is 20.3 Å². The number of carbonyl (C=O) groups excluding carboxylic acids is 1. The van der Waals surface area contributed by atoms with E-state index < -0.39 is 0 Å². The highest BCUT2D eigenvalue weighted by molar-refractivity contribution is 8.00. The van der Waals surface area contributed by atoms with Gasteiger partial charge in [-0.1, -0.05) is 24.3 Å². The van der Waals surface area contributed by atoms with E-state index >= 15 is 0 Å². The average molecular weight is 388 g/mol. The summed E-state index contributed by atoms with van der Waals surface area (Å²) in [6, 6.07) is 19.8. The van der Waals surface area contributed by atoms with Crippen LogP contribution in [0.1, 0.15) is 11.4 Å². The predicted octanol–water partition coefficient (Wildman–Crippen LogP) is 4.47. The molecule has 2 N–H and O–H groups in total. The standard InChI is InChI=1S/C22H20N4OS/c27-22(15-28-18-11-13-23-14-12-18)24-17-8-5-16(6-9-17)7-10-21-25-19-3-1-2-4-20(19)26-21/h1-6,8-9,11-14H,7,10,15H2,(H,24,27)(H,25,26). The summed E-state index contributed by atoms with van der Waals surface area (Å²) in [5.74, 6) is 1.35. The molecule has 0 saturated carbocycles. The molecule has 0 unspecified atom stereocenters. The fraction of sp³-hybridized carbons (Fsp3) is 0.136. The topological polar surface area (TPSA) is 70.7 Å². The summed E-state index contributed by atoms with van der Waals surface area (Å²) in [6.07, 6.45) is 5.20. The summed E-state index contributed by atoms with van der Waals surface area (Å²) in [6.45, 7) is 0. The lowest BCUT2D eigenvalue weighted by molar-refractivity contribution is -0.113. The van der Waals surface area contributed by atoms with E-state index in [1.807, 2.05) is 60.7 Å². The molecule has 0 bridgehead atoms.